The van der Waals surface area contributed by atoms with Crippen LogP contribution in [0, 0.1) is 5.41 Å². The largest absolute Gasteiger partial charge is 0.401 e. The molecular weight excluding hydrogens is 257 g/mol. The van der Waals surface area contributed by atoms with Crippen LogP contribution in [0.2, 0.25) is 0 Å². The van der Waals surface area contributed by atoms with Crippen molar-refractivity contribution in [1.29, 1.82) is 0 Å². The highest BCUT2D eigenvalue weighted by molar-refractivity contribution is 5.95. The normalized spacial score (nSPS) is 30.4. The maximum Gasteiger partial charge on any atom is 0.401 e. The molecule has 1 heterocycles. The van der Waals surface area contributed by atoms with E-state index >= 15 is 0 Å². The molecule has 1 unspecified atom stereocenters. The van der Waals surface area contributed by atoms with Crippen molar-refractivity contribution in [2.24, 2.45) is 5.41 Å². The third-order valence-electron chi connectivity index (χ3n) is 3.82. The SMILES string of the molecule is O=C1C=C2COC(c3ccccc3)[C@]2(C(F)(F)F)C1. The van der Waals surface area contributed by atoms with Crippen LogP contribution in [0.25, 0.3) is 0 Å². The van der Waals surface area contributed by atoms with E-state index in [9.17, 15) is 18.0 Å². The molecule has 0 spiro atoms. The first-order valence-corrected chi connectivity index (χ1v) is 5.92. The monoisotopic (exact) mass is 268 g/mol. The van der Waals surface area contributed by atoms with Gasteiger partial charge >= 0.3 is 6.18 Å². The first kappa shape index (κ1) is 12.4. The second kappa shape index (κ2) is 3.93. The van der Waals surface area contributed by atoms with Crippen LogP contribution in [-0.4, -0.2) is 18.6 Å². The van der Waals surface area contributed by atoms with Crippen molar-refractivity contribution in [3.05, 3.63) is 47.5 Å². The fraction of sp³-hybridized carbons (Fsp3) is 0.357. The summed E-state index contributed by atoms with van der Waals surface area (Å²) in [7, 11) is 0. The zero-order valence-electron chi connectivity index (χ0n) is 9.91. The van der Waals surface area contributed by atoms with Crippen LogP contribution in [-0.2, 0) is 9.53 Å². The smallest absolute Gasteiger partial charge is 0.368 e. The van der Waals surface area contributed by atoms with Gasteiger partial charge in [-0.05, 0) is 17.2 Å². The number of allylic oxidation sites excluding steroid dienone is 1. The molecule has 2 aliphatic rings. The van der Waals surface area contributed by atoms with Crippen LogP contribution >= 0.6 is 0 Å². The minimum absolute atomic E-state index is 0.0545. The molecule has 1 aromatic rings. The van der Waals surface area contributed by atoms with Crippen LogP contribution in [0.5, 0.6) is 0 Å². The summed E-state index contributed by atoms with van der Waals surface area (Å²) in [6.45, 7) is -0.134. The van der Waals surface area contributed by atoms with Crippen LogP contribution in [0.3, 0.4) is 0 Å². The molecule has 5 heteroatoms. The Bertz CT molecular complexity index is 548. The van der Waals surface area contributed by atoms with E-state index < -0.39 is 29.9 Å². The number of halogens is 3. The molecule has 1 saturated heterocycles. The maximum absolute atomic E-state index is 13.5. The molecule has 1 aliphatic carbocycles. The van der Waals surface area contributed by atoms with Crippen LogP contribution < -0.4 is 0 Å². The first-order chi connectivity index (χ1) is 8.95. The molecular formula is C14H11F3O2. The molecule has 3 rings (SSSR count). The first-order valence-electron chi connectivity index (χ1n) is 5.92. The maximum atomic E-state index is 13.5. The third kappa shape index (κ3) is 1.64. The van der Waals surface area contributed by atoms with E-state index in [0.29, 0.717) is 5.56 Å². The van der Waals surface area contributed by atoms with Crippen LogP contribution in [0.4, 0.5) is 13.2 Å². The topological polar surface area (TPSA) is 26.3 Å². The van der Waals surface area contributed by atoms with Gasteiger partial charge in [0.2, 0.25) is 0 Å². The number of ether oxygens (including phenoxy) is 1. The summed E-state index contributed by atoms with van der Waals surface area (Å²) in [4.78, 5) is 11.5. The highest BCUT2D eigenvalue weighted by Gasteiger charge is 2.67. The Morgan fingerprint density at radius 3 is 2.53 bits per heavy atom. The molecule has 0 saturated carbocycles. The predicted molar refractivity (Wildman–Crippen MR) is 61.3 cm³/mol. The van der Waals surface area contributed by atoms with Crippen molar-refractivity contribution in [3.63, 3.8) is 0 Å². The molecule has 0 N–H and O–H groups in total. The van der Waals surface area contributed by atoms with Gasteiger partial charge in [0.05, 0.1) is 6.61 Å². The number of hydrogen-bond donors (Lipinski definition) is 0. The van der Waals surface area contributed by atoms with Crippen molar-refractivity contribution in [3.8, 4) is 0 Å². The average molecular weight is 268 g/mol. The minimum Gasteiger partial charge on any atom is -0.368 e. The lowest BCUT2D eigenvalue weighted by molar-refractivity contribution is -0.228. The minimum atomic E-state index is -4.50. The van der Waals surface area contributed by atoms with Crippen molar-refractivity contribution in [2.75, 3.05) is 6.61 Å². The second-order valence-corrected chi connectivity index (χ2v) is 4.88. The summed E-state index contributed by atoms with van der Waals surface area (Å²) in [6, 6.07) is 8.27. The van der Waals surface area contributed by atoms with E-state index in [1.807, 2.05) is 0 Å². The lowest BCUT2D eigenvalue weighted by Gasteiger charge is -2.33. The van der Waals surface area contributed by atoms with E-state index in [2.05, 4.69) is 0 Å². The van der Waals surface area contributed by atoms with Gasteiger partial charge < -0.3 is 4.74 Å². The number of hydrogen-bond acceptors (Lipinski definition) is 2. The number of rotatable bonds is 1. The molecule has 19 heavy (non-hydrogen) atoms. The van der Waals surface area contributed by atoms with Gasteiger partial charge in [0.15, 0.2) is 5.78 Å². The van der Waals surface area contributed by atoms with Gasteiger partial charge in [0, 0.05) is 6.42 Å². The third-order valence-corrected chi connectivity index (χ3v) is 3.82. The summed E-state index contributed by atoms with van der Waals surface area (Å²) >= 11 is 0. The van der Waals surface area contributed by atoms with E-state index in [-0.39, 0.29) is 12.2 Å². The quantitative estimate of drug-likeness (QED) is 0.781. The number of benzene rings is 1. The van der Waals surface area contributed by atoms with Gasteiger partial charge in [-0.3, -0.25) is 4.79 Å². The van der Waals surface area contributed by atoms with E-state index in [0.717, 1.165) is 6.08 Å². The van der Waals surface area contributed by atoms with E-state index in [1.54, 1.807) is 30.3 Å². The molecule has 0 amide bonds. The lowest BCUT2D eigenvalue weighted by Crippen LogP contribution is -2.40. The summed E-state index contributed by atoms with van der Waals surface area (Å²) in [5.74, 6) is -0.475. The summed E-state index contributed by atoms with van der Waals surface area (Å²) in [5, 5.41) is 0. The molecule has 2 atom stereocenters. The Hall–Kier alpha value is -1.62. The molecule has 1 aromatic carbocycles. The van der Waals surface area contributed by atoms with Gasteiger partial charge in [-0.1, -0.05) is 30.3 Å². The summed E-state index contributed by atoms with van der Waals surface area (Å²) in [5.41, 5.74) is -1.66. The van der Waals surface area contributed by atoms with Gasteiger partial charge in [-0.2, -0.15) is 13.2 Å². The number of carbonyl (C=O) groups excluding carboxylic acids is 1. The van der Waals surface area contributed by atoms with E-state index in [1.165, 1.54) is 0 Å². The molecule has 2 nitrogen and oxygen atoms in total. The molecule has 0 bridgehead atoms. The number of ketones is 1. The van der Waals surface area contributed by atoms with Crippen molar-refractivity contribution in [2.45, 2.75) is 18.7 Å². The Morgan fingerprint density at radius 2 is 1.89 bits per heavy atom. The Morgan fingerprint density at radius 1 is 1.21 bits per heavy atom. The highest BCUT2D eigenvalue weighted by Crippen LogP contribution is 2.62. The summed E-state index contributed by atoms with van der Waals surface area (Å²) in [6.07, 6.45) is -5.09. The molecule has 1 fully saturated rings. The fourth-order valence-electron chi connectivity index (χ4n) is 2.95. The van der Waals surface area contributed by atoms with Crippen molar-refractivity contribution in [1.82, 2.24) is 0 Å². The predicted octanol–water partition coefficient (Wildman–Crippen LogP) is 3.21. The lowest BCUT2D eigenvalue weighted by atomic mass is 9.74. The second-order valence-electron chi connectivity index (χ2n) is 4.88. The standard InChI is InChI=1S/C14H11F3O2/c15-14(16,17)13-7-11(18)6-10(13)8-19-12(13)9-4-2-1-3-5-9/h1-6,12H,7-8H2/t12?,13-/m0/s1. The highest BCUT2D eigenvalue weighted by atomic mass is 19.4. The number of fused-ring (bicyclic) bond motifs is 1. The van der Waals surface area contributed by atoms with Gasteiger partial charge in [-0.25, -0.2) is 0 Å². The number of carbonyl (C=O) groups is 1. The molecule has 100 valence electrons. The summed E-state index contributed by atoms with van der Waals surface area (Å²) < 4.78 is 46.0. The average Bonchev–Trinajstić information content (AvgIpc) is 2.84. The fourth-order valence-corrected chi connectivity index (χ4v) is 2.95. The van der Waals surface area contributed by atoms with Crippen molar-refractivity contribution < 1.29 is 22.7 Å². The van der Waals surface area contributed by atoms with Gasteiger partial charge in [0.1, 0.15) is 11.5 Å². The Kier molecular flexibility index (Phi) is 2.57. The van der Waals surface area contributed by atoms with Gasteiger partial charge in [-0.15, -0.1) is 0 Å². The zero-order valence-corrected chi connectivity index (χ0v) is 9.91. The molecule has 1 aliphatic heterocycles. The Balaban J connectivity index is 2.12. The Labute approximate surface area is 107 Å². The molecule has 0 aromatic heterocycles. The zero-order chi connectivity index (χ0) is 13.7. The van der Waals surface area contributed by atoms with Gasteiger partial charge in [0.25, 0.3) is 0 Å². The van der Waals surface area contributed by atoms with E-state index in [4.69, 9.17) is 4.74 Å². The van der Waals surface area contributed by atoms with Crippen LogP contribution in [0.15, 0.2) is 42.0 Å². The molecule has 0 radical (unpaired) electrons. The van der Waals surface area contributed by atoms with Crippen molar-refractivity contribution >= 4 is 5.78 Å². The number of alkyl halides is 3. The van der Waals surface area contributed by atoms with Crippen LogP contribution in [0.1, 0.15) is 18.1 Å².